The Morgan fingerprint density at radius 2 is 1.65 bits per heavy atom. The molecule has 1 unspecified atom stereocenters. The van der Waals surface area contributed by atoms with Gasteiger partial charge in [0.25, 0.3) is 5.91 Å². The van der Waals surface area contributed by atoms with Crippen LogP contribution in [0.3, 0.4) is 0 Å². The van der Waals surface area contributed by atoms with E-state index in [2.05, 4.69) is 51.6 Å². The number of nitrogens with one attached hydrogen (secondary N) is 2. The van der Waals surface area contributed by atoms with Gasteiger partial charge >= 0.3 is 6.18 Å². The predicted octanol–water partition coefficient (Wildman–Crippen LogP) is 7.57. The van der Waals surface area contributed by atoms with Crippen molar-refractivity contribution in [3.8, 4) is 5.75 Å². The van der Waals surface area contributed by atoms with Gasteiger partial charge in [-0.05, 0) is 89.9 Å². The summed E-state index contributed by atoms with van der Waals surface area (Å²) in [4.78, 5) is 48.8. The van der Waals surface area contributed by atoms with Crippen molar-refractivity contribution < 1.29 is 32.3 Å². The first-order chi connectivity index (χ1) is 26.2. The van der Waals surface area contributed by atoms with Crippen molar-refractivity contribution in [1.29, 1.82) is 0 Å². The molecule has 294 valence electrons. The second kappa shape index (κ2) is 17.2. The van der Waals surface area contributed by atoms with Gasteiger partial charge in [0.2, 0.25) is 11.8 Å². The molecule has 1 atom stereocenters. The van der Waals surface area contributed by atoms with Crippen LogP contribution in [-0.4, -0.2) is 76.3 Å². The highest BCUT2D eigenvalue weighted by atomic mass is 19.4. The van der Waals surface area contributed by atoms with E-state index in [9.17, 15) is 27.6 Å². The average molecular weight is 762 g/mol. The number of imidazole rings is 1. The van der Waals surface area contributed by atoms with E-state index in [0.29, 0.717) is 41.9 Å². The number of alkyl halides is 3. The molecular formula is C41H50F3N7O4. The number of amides is 3. The molecule has 14 heteroatoms. The Balaban J connectivity index is 0.000000197. The van der Waals surface area contributed by atoms with Crippen LogP contribution in [0.5, 0.6) is 5.75 Å². The fraction of sp³-hybridized carbons (Fsp3) is 0.488. The van der Waals surface area contributed by atoms with Gasteiger partial charge < -0.3 is 24.3 Å². The van der Waals surface area contributed by atoms with E-state index in [4.69, 9.17) is 9.72 Å². The van der Waals surface area contributed by atoms with Crippen molar-refractivity contribution in [1.82, 2.24) is 24.6 Å². The maximum atomic E-state index is 13.0. The van der Waals surface area contributed by atoms with Gasteiger partial charge in [0, 0.05) is 55.6 Å². The number of carbonyl (C=O) groups excluding carboxylic acids is 3. The lowest BCUT2D eigenvalue weighted by molar-refractivity contribution is -0.141. The van der Waals surface area contributed by atoms with Gasteiger partial charge in [0.15, 0.2) is 0 Å². The van der Waals surface area contributed by atoms with Gasteiger partial charge in [-0.1, -0.05) is 37.5 Å². The van der Waals surface area contributed by atoms with Crippen LogP contribution in [0.4, 0.5) is 24.5 Å². The molecule has 3 aliphatic rings. The fourth-order valence-electron chi connectivity index (χ4n) is 7.55. The molecule has 2 aliphatic heterocycles. The molecule has 0 radical (unpaired) electrons. The summed E-state index contributed by atoms with van der Waals surface area (Å²) in [5.74, 6) is -0.468. The number of imide groups is 1. The number of halogens is 3. The van der Waals surface area contributed by atoms with Crippen LogP contribution < -0.4 is 20.3 Å². The Hall–Kier alpha value is -4.98. The highest BCUT2D eigenvalue weighted by Gasteiger charge is 2.33. The molecule has 2 N–H and O–H groups in total. The number of benzene rings is 1. The van der Waals surface area contributed by atoms with Crippen LogP contribution in [0.2, 0.25) is 0 Å². The summed E-state index contributed by atoms with van der Waals surface area (Å²) in [7, 11) is 4.30. The van der Waals surface area contributed by atoms with Crippen LogP contribution in [0.25, 0.3) is 5.65 Å². The molecule has 7 rings (SSSR count). The molecule has 11 nitrogen and oxygen atoms in total. The Labute approximate surface area is 319 Å². The van der Waals surface area contributed by atoms with Crippen molar-refractivity contribution in [2.24, 2.45) is 0 Å². The number of fused-ring (bicyclic) bond motifs is 1. The minimum Gasteiger partial charge on any atom is -0.489 e. The number of anilines is 2. The number of carbonyl (C=O) groups is 3. The first-order valence-electron chi connectivity index (χ1n) is 19.1. The molecule has 1 aliphatic carbocycles. The Bertz CT molecular complexity index is 1960. The van der Waals surface area contributed by atoms with Crippen molar-refractivity contribution in [2.45, 2.75) is 102 Å². The minimum absolute atomic E-state index is 0.161. The number of nitrogens with zero attached hydrogens (tertiary/aromatic N) is 5. The Kier molecular flexibility index (Phi) is 12.4. The zero-order valence-corrected chi connectivity index (χ0v) is 31.9. The third kappa shape index (κ3) is 10.0. The highest BCUT2D eigenvalue weighted by molar-refractivity contribution is 6.04. The number of hydrogen-bond donors (Lipinski definition) is 2. The molecule has 0 bridgehead atoms. The summed E-state index contributed by atoms with van der Waals surface area (Å²) in [6, 6.07) is 13.9. The minimum atomic E-state index is -4.63. The standard InChI is InChI=1S/C23H25F3N4O2.C18H25N3O2/c1-14(2)32-19-11-21-28-17(15-7-4-3-5-8-15)12-30(21)13-18(19)29-22(31)16-9-6-10-20(27-16)23(24,25)26;1-20(2)14-9-11-21(12-10-14)15-5-3-13(4-6-15)16-7-8-17(22)19-18(16)23/h6,9-15H,3-5,7-8H2,1-2H3,(H,29,31);3-6,14,16H,7-12H2,1-2H3,(H,19,22,23). The normalized spacial score (nSPS) is 18.6. The van der Waals surface area contributed by atoms with E-state index in [-0.39, 0.29) is 29.5 Å². The van der Waals surface area contributed by atoms with Gasteiger partial charge in [0.1, 0.15) is 28.5 Å². The van der Waals surface area contributed by atoms with Gasteiger partial charge in [-0.25, -0.2) is 9.97 Å². The van der Waals surface area contributed by atoms with Gasteiger partial charge in [-0.2, -0.15) is 13.2 Å². The lowest BCUT2D eigenvalue weighted by atomic mass is 9.87. The number of ether oxygens (including phenoxy) is 1. The van der Waals surface area contributed by atoms with Crippen LogP contribution in [0.15, 0.2) is 60.9 Å². The predicted molar refractivity (Wildman–Crippen MR) is 204 cm³/mol. The molecule has 3 aromatic heterocycles. The smallest absolute Gasteiger partial charge is 0.433 e. The lowest BCUT2D eigenvalue weighted by Crippen LogP contribution is -2.42. The van der Waals surface area contributed by atoms with E-state index in [1.807, 2.05) is 36.6 Å². The molecule has 5 heterocycles. The summed E-state index contributed by atoms with van der Waals surface area (Å²) in [6.45, 7) is 5.84. The Morgan fingerprint density at radius 1 is 0.945 bits per heavy atom. The number of piperidine rings is 2. The summed E-state index contributed by atoms with van der Waals surface area (Å²) < 4.78 is 46.6. The molecule has 1 aromatic carbocycles. The molecule has 3 fully saturated rings. The summed E-state index contributed by atoms with van der Waals surface area (Å²) in [5, 5.41) is 5.08. The second-order valence-corrected chi connectivity index (χ2v) is 15.1. The van der Waals surface area contributed by atoms with E-state index >= 15 is 0 Å². The average Bonchev–Trinajstić information content (AvgIpc) is 3.58. The zero-order chi connectivity index (χ0) is 39.3. The molecule has 4 aromatic rings. The SMILES string of the molecule is CC(C)Oc1cc2nc(C3CCCCC3)cn2cc1NC(=O)c1cccc(C(F)(F)F)n1.CN(C)C1CCN(c2ccc(C3CCC(=O)NC3=O)cc2)CC1. The van der Waals surface area contributed by atoms with Gasteiger partial charge in [-0.15, -0.1) is 0 Å². The van der Waals surface area contributed by atoms with Crippen molar-refractivity contribution >= 4 is 34.7 Å². The molecule has 1 saturated carbocycles. The Morgan fingerprint density at radius 3 is 2.29 bits per heavy atom. The largest absolute Gasteiger partial charge is 0.489 e. The van der Waals surface area contributed by atoms with Gasteiger partial charge in [0.05, 0.1) is 17.7 Å². The number of aromatic nitrogens is 3. The van der Waals surface area contributed by atoms with Gasteiger partial charge in [-0.3, -0.25) is 19.7 Å². The number of hydrogen-bond acceptors (Lipinski definition) is 8. The monoisotopic (exact) mass is 761 g/mol. The van der Waals surface area contributed by atoms with Crippen LogP contribution in [-0.2, 0) is 15.8 Å². The van der Waals surface area contributed by atoms with E-state index in [1.165, 1.54) is 43.9 Å². The molecular weight excluding hydrogens is 711 g/mol. The zero-order valence-electron chi connectivity index (χ0n) is 31.9. The number of rotatable bonds is 8. The fourth-order valence-corrected chi connectivity index (χ4v) is 7.55. The van der Waals surface area contributed by atoms with E-state index < -0.39 is 17.8 Å². The topological polar surface area (TPSA) is 121 Å². The van der Waals surface area contributed by atoms with Crippen molar-refractivity contribution in [3.63, 3.8) is 0 Å². The molecule has 3 amide bonds. The lowest BCUT2D eigenvalue weighted by Gasteiger charge is -2.36. The molecule has 55 heavy (non-hydrogen) atoms. The third-order valence-electron chi connectivity index (χ3n) is 10.6. The van der Waals surface area contributed by atoms with Crippen molar-refractivity contribution in [2.75, 3.05) is 37.4 Å². The first-order valence-corrected chi connectivity index (χ1v) is 19.1. The number of pyridine rings is 2. The highest BCUT2D eigenvalue weighted by Crippen LogP contribution is 2.35. The molecule has 2 saturated heterocycles. The molecule has 0 spiro atoms. The van der Waals surface area contributed by atoms with E-state index in [0.717, 1.165) is 49.3 Å². The van der Waals surface area contributed by atoms with E-state index in [1.54, 1.807) is 12.3 Å². The second-order valence-electron chi connectivity index (χ2n) is 15.1. The maximum absolute atomic E-state index is 13.0. The quantitative estimate of drug-likeness (QED) is 0.177. The first kappa shape index (κ1) is 39.7. The maximum Gasteiger partial charge on any atom is 0.433 e. The van der Waals surface area contributed by atoms with Crippen LogP contribution in [0.1, 0.15) is 111 Å². The third-order valence-corrected chi connectivity index (χ3v) is 10.6. The summed E-state index contributed by atoms with van der Waals surface area (Å²) in [5.41, 5.74) is 2.80. The summed E-state index contributed by atoms with van der Waals surface area (Å²) >= 11 is 0. The van der Waals surface area contributed by atoms with Crippen molar-refractivity contribution in [3.05, 3.63) is 83.6 Å². The summed E-state index contributed by atoms with van der Waals surface area (Å²) in [6.07, 6.45) is 8.04. The van der Waals surface area contributed by atoms with Crippen LogP contribution >= 0.6 is 0 Å². The van der Waals surface area contributed by atoms with Crippen LogP contribution in [0, 0.1) is 0 Å².